The summed E-state index contributed by atoms with van der Waals surface area (Å²) >= 11 is 0. The first-order chi connectivity index (χ1) is 15.3. The maximum absolute atomic E-state index is 10.4. The van der Waals surface area contributed by atoms with E-state index in [-0.39, 0.29) is 6.54 Å². The Kier molecular flexibility index (Phi) is 23.1. The number of hydrogen-bond acceptors (Lipinski definition) is 9. The first-order valence-corrected chi connectivity index (χ1v) is 9.91. The Morgan fingerprint density at radius 3 is 1.52 bits per heavy atom. The SMILES string of the molecule is CC(N)C(=O)O.NC(Cc1ccccc1)C(=O)O.NCC(=O)O.NCCCCC(N)C(=O)O. The Morgan fingerprint density at radius 1 is 0.788 bits per heavy atom. The summed E-state index contributed by atoms with van der Waals surface area (Å²) < 4.78 is 0. The zero-order chi connectivity index (χ0) is 26.4. The molecule has 0 amide bonds. The molecule has 0 bridgehead atoms. The fourth-order valence-corrected chi connectivity index (χ4v) is 1.59. The summed E-state index contributed by atoms with van der Waals surface area (Å²) in [5.74, 6) is -3.82. The normalized spacial score (nSPS) is 12.1. The highest BCUT2D eigenvalue weighted by atomic mass is 16.4. The molecule has 0 aromatic heterocycles. The van der Waals surface area contributed by atoms with Gasteiger partial charge in [-0.25, -0.2) is 0 Å². The molecule has 13 heteroatoms. The van der Waals surface area contributed by atoms with Crippen LogP contribution in [0.5, 0.6) is 0 Å². The van der Waals surface area contributed by atoms with Crippen LogP contribution in [0.2, 0.25) is 0 Å². The van der Waals surface area contributed by atoms with Crippen LogP contribution >= 0.6 is 0 Å². The number of benzene rings is 1. The molecule has 0 radical (unpaired) electrons. The van der Waals surface area contributed by atoms with Crippen molar-refractivity contribution in [3.8, 4) is 0 Å². The van der Waals surface area contributed by atoms with Crippen molar-refractivity contribution in [2.24, 2.45) is 28.7 Å². The highest BCUT2D eigenvalue weighted by Gasteiger charge is 2.11. The van der Waals surface area contributed by atoms with Crippen molar-refractivity contribution in [3.05, 3.63) is 35.9 Å². The number of carboxylic acid groups (broad SMARTS) is 4. The molecular formula is C20H37N5O8. The van der Waals surface area contributed by atoms with Crippen LogP contribution in [0.25, 0.3) is 0 Å². The largest absolute Gasteiger partial charge is 0.480 e. The van der Waals surface area contributed by atoms with Gasteiger partial charge in [0, 0.05) is 0 Å². The van der Waals surface area contributed by atoms with E-state index in [1.54, 1.807) is 0 Å². The van der Waals surface area contributed by atoms with Crippen LogP contribution in [0.3, 0.4) is 0 Å². The van der Waals surface area contributed by atoms with Crippen molar-refractivity contribution in [3.63, 3.8) is 0 Å². The van der Waals surface area contributed by atoms with Gasteiger partial charge in [-0.3, -0.25) is 19.2 Å². The van der Waals surface area contributed by atoms with Crippen LogP contribution in [-0.4, -0.2) is 75.5 Å². The monoisotopic (exact) mass is 475 g/mol. The number of nitrogens with two attached hydrogens (primary N) is 5. The average Bonchev–Trinajstić information content (AvgIpc) is 2.75. The second kappa shape index (κ2) is 22.1. The highest BCUT2D eigenvalue weighted by molar-refractivity contribution is 5.73. The van der Waals surface area contributed by atoms with Crippen LogP contribution in [0.4, 0.5) is 0 Å². The van der Waals surface area contributed by atoms with E-state index in [1.807, 2.05) is 30.3 Å². The Balaban J connectivity index is -0.000000387. The van der Waals surface area contributed by atoms with E-state index < -0.39 is 42.0 Å². The van der Waals surface area contributed by atoms with E-state index in [4.69, 9.17) is 43.4 Å². The molecule has 0 aliphatic rings. The quantitative estimate of drug-likeness (QED) is 0.176. The van der Waals surface area contributed by atoms with E-state index in [1.165, 1.54) is 6.92 Å². The van der Waals surface area contributed by atoms with Gasteiger partial charge in [-0.2, -0.15) is 0 Å². The zero-order valence-corrected chi connectivity index (χ0v) is 18.7. The molecule has 1 rings (SSSR count). The third-order valence-corrected chi connectivity index (χ3v) is 3.47. The molecule has 3 atom stereocenters. The molecule has 0 aliphatic heterocycles. The molecular weight excluding hydrogens is 438 g/mol. The number of unbranched alkanes of at least 4 members (excludes halogenated alkanes) is 1. The smallest absolute Gasteiger partial charge is 0.320 e. The summed E-state index contributed by atoms with van der Waals surface area (Å²) in [6, 6.07) is 7.10. The van der Waals surface area contributed by atoms with Gasteiger partial charge in [0.2, 0.25) is 0 Å². The average molecular weight is 476 g/mol. The van der Waals surface area contributed by atoms with Crippen molar-refractivity contribution in [1.29, 1.82) is 0 Å². The van der Waals surface area contributed by atoms with Crippen LogP contribution in [-0.2, 0) is 25.6 Å². The van der Waals surface area contributed by atoms with Gasteiger partial charge in [0.15, 0.2) is 0 Å². The minimum Gasteiger partial charge on any atom is -0.480 e. The van der Waals surface area contributed by atoms with Gasteiger partial charge in [-0.15, -0.1) is 0 Å². The van der Waals surface area contributed by atoms with Crippen molar-refractivity contribution >= 4 is 23.9 Å². The maximum atomic E-state index is 10.4. The number of carboxylic acids is 4. The van der Waals surface area contributed by atoms with E-state index >= 15 is 0 Å². The van der Waals surface area contributed by atoms with E-state index in [9.17, 15) is 19.2 Å². The molecule has 14 N–H and O–H groups in total. The highest BCUT2D eigenvalue weighted by Crippen LogP contribution is 2.01. The van der Waals surface area contributed by atoms with Crippen LogP contribution in [0.15, 0.2) is 30.3 Å². The van der Waals surface area contributed by atoms with Crippen LogP contribution in [0.1, 0.15) is 31.7 Å². The molecule has 13 nitrogen and oxygen atoms in total. The summed E-state index contributed by atoms with van der Waals surface area (Å²) in [6.07, 6.45) is 2.55. The fourth-order valence-electron chi connectivity index (χ4n) is 1.59. The summed E-state index contributed by atoms with van der Waals surface area (Å²) in [4.78, 5) is 39.3. The first-order valence-electron chi connectivity index (χ1n) is 9.91. The van der Waals surface area contributed by atoms with Gasteiger partial charge in [0.05, 0.1) is 6.54 Å². The molecule has 1 aromatic carbocycles. The molecule has 0 aliphatic carbocycles. The Labute approximate surface area is 192 Å². The Bertz CT molecular complexity index is 674. The lowest BCUT2D eigenvalue weighted by molar-refractivity contribution is -0.139. The molecule has 33 heavy (non-hydrogen) atoms. The second-order valence-electron chi connectivity index (χ2n) is 6.59. The number of rotatable bonds is 10. The number of aliphatic carboxylic acids is 4. The lowest BCUT2D eigenvalue weighted by Crippen LogP contribution is -2.32. The summed E-state index contributed by atoms with van der Waals surface area (Å²) in [6.45, 7) is 1.74. The van der Waals surface area contributed by atoms with Crippen molar-refractivity contribution in [2.45, 2.75) is 50.7 Å². The minimum absolute atomic E-state index is 0.278. The van der Waals surface area contributed by atoms with Gasteiger partial charge >= 0.3 is 23.9 Å². The van der Waals surface area contributed by atoms with E-state index in [2.05, 4.69) is 5.73 Å². The third kappa shape index (κ3) is 26.9. The standard InChI is InChI=1S/C9H11NO2.C6H14N2O2.C3H7NO2.C2H5NO2/c10-8(9(11)12)6-7-4-2-1-3-5-7;7-4-2-1-3-5(8)6(9)10;1-2(4)3(5)6;3-1-2(4)5/h1-5,8H,6,10H2,(H,11,12);5H,1-4,7-8H2,(H,9,10);2H,4H2,1H3,(H,5,6);1,3H2,(H,4,5). The lowest BCUT2D eigenvalue weighted by Gasteiger charge is -2.04. The molecule has 0 spiro atoms. The van der Waals surface area contributed by atoms with Gasteiger partial charge in [0.25, 0.3) is 0 Å². The number of hydrogen-bond donors (Lipinski definition) is 9. The molecule has 0 saturated carbocycles. The van der Waals surface area contributed by atoms with Crippen molar-refractivity contribution in [2.75, 3.05) is 13.1 Å². The summed E-state index contributed by atoms with van der Waals surface area (Å²) in [7, 11) is 0. The van der Waals surface area contributed by atoms with E-state index in [0.29, 0.717) is 19.4 Å². The summed E-state index contributed by atoms with van der Waals surface area (Å²) in [5, 5.41) is 32.3. The molecule has 0 fully saturated rings. The van der Waals surface area contributed by atoms with Crippen molar-refractivity contribution < 1.29 is 39.6 Å². The molecule has 190 valence electrons. The predicted octanol–water partition coefficient (Wildman–Crippen LogP) is -1.38. The number of carbonyl (C=O) groups is 4. The Morgan fingerprint density at radius 2 is 1.21 bits per heavy atom. The molecule has 0 heterocycles. The zero-order valence-electron chi connectivity index (χ0n) is 18.7. The molecule has 3 unspecified atom stereocenters. The summed E-state index contributed by atoms with van der Waals surface area (Å²) in [5.41, 5.74) is 26.1. The topological polar surface area (TPSA) is 279 Å². The second-order valence-corrected chi connectivity index (χ2v) is 6.59. The first kappa shape index (κ1) is 34.5. The van der Waals surface area contributed by atoms with Crippen LogP contribution < -0.4 is 28.7 Å². The third-order valence-electron chi connectivity index (χ3n) is 3.47. The van der Waals surface area contributed by atoms with Gasteiger partial charge < -0.3 is 49.1 Å². The van der Waals surface area contributed by atoms with E-state index in [0.717, 1.165) is 18.4 Å². The predicted molar refractivity (Wildman–Crippen MR) is 122 cm³/mol. The molecule has 0 saturated heterocycles. The van der Waals surface area contributed by atoms with Crippen LogP contribution in [0, 0.1) is 0 Å². The van der Waals surface area contributed by atoms with Gasteiger partial charge in [-0.05, 0) is 38.3 Å². The fraction of sp³-hybridized carbons (Fsp3) is 0.500. The minimum atomic E-state index is -0.968. The maximum Gasteiger partial charge on any atom is 0.320 e. The molecule has 1 aromatic rings. The van der Waals surface area contributed by atoms with Crippen molar-refractivity contribution in [1.82, 2.24) is 0 Å². The Hall–Kier alpha value is -3.10. The van der Waals surface area contributed by atoms with Gasteiger partial charge in [0.1, 0.15) is 18.1 Å². The lowest BCUT2D eigenvalue weighted by atomic mass is 10.1. The van der Waals surface area contributed by atoms with Gasteiger partial charge in [-0.1, -0.05) is 36.8 Å².